The summed E-state index contributed by atoms with van der Waals surface area (Å²) in [7, 11) is 0. The van der Waals surface area contributed by atoms with Gasteiger partial charge in [-0.25, -0.2) is 4.39 Å². The lowest BCUT2D eigenvalue weighted by molar-refractivity contribution is 0.305. The van der Waals surface area contributed by atoms with Crippen LogP contribution in [0.15, 0.2) is 48.5 Å². The van der Waals surface area contributed by atoms with Crippen molar-refractivity contribution in [1.82, 2.24) is 0 Å². The smallest absolute Gasteiger partial charge is 0.123 e. The highest BCUT2D eigenvalue weighted by Crippen LogP contribution is 2.17. The van der Waals surface area contributed by atoms with Gasteiger partial charge in [0.25, 0.3) is 0 Å². The fraction of sp³-hybridized carbons (Fsp3) is 0.250. The van der Waals surface area contributed by atoms with E-state index in [1.54, 1.807) is 12.1 Å². The van der Waals surface area contributed by atoms with Crippen molar-refractivity contribution in [1.29, 1.82) is 0 Å². The van der Waals surface area contributed by atoms with Crippen molar-refractivity contribution >= 4 is 0 Å². The molecule has 0 saturated carbocycles. The van der Waals surface area contributed by atoms with E-state index in [0.29, 0.717) is 18.3 Å². The van der Waals surface area contributed by atoms with Crippen molar-refractivity contribution in [2.75, 3.05) is 0 Å². The van der Waals surface area contributed by atoms with Gasteiger partial charge in [-0.15, -0.1) is 0 Å². The van der Waals surface area contributed by atoms with E-state index in [-0.39, 0.29) is 5.82 Å². The first-order valence-electron chi connectivity index (χ1n) is 6.12. The Labute approximate surface area is 107 Å². The van der Waals surface area contributed by atoms with Crippen LogP contribution in [0.1, 0.15) is 30.9 Å². The van der Waals surface area contributed by atoms with Crippen LogP contribution in [0.4, 0.5) is 4.39 Å². The molecule has 0 heterocycles. The van der Waals surface area contributed by atoms with Crippen LogP contribution in [0.5, 0.6) is 5.75 Å². The lowest BCUT2D eigenvalue weighted by atomic mass is 10.0. The van der Waals surface area contributed by atoms with Crippen LogP contribution in [0.2, 0.25) is 0 Å². The minimum Gasteiger partial charge on any atom is -0.489 e. The predicted molar refractivity (Wildman–Crippen MR) is 71.3 cm³/mol. The quantitative estimate of drug-likeness (QED) is 0.767. The SMILES string of the molecule is CC(C)c1ccc(COc2ccc(F)cc2)cc1. The number of benzene rings is 2. The molecule has 1 nitrogen and oxygen atoms in total. The zero-order valence-corrected chi connectivity index (χ0v) is 10.7. The van der Waals surface area contributed by atoms with Crippen molar-refractivity contribution in [2.24, 2.45) is 0 Å². The van der Waals surface area contributed by atoms with Crippen LogP contribution in [0, 0.1) is 5.82 Å². The van der Waals surface area contributed by atoms with Gasteiger partial charge in [-0.3, -0.25) is 0 Å². The molecule has 18 heavy (non-hydrogen) atoms. The molecule has 2 rings (SSSR count). The van der Waals surface area contributed by atoms with Gasteiger partial charge in [0.05, 0.1) is 0 Å². The van der Waals surface area contributed by atoms with E-state index in [2.05, 4.69) is 38.1 Å². The fourth-order valence-corrected chi connectivity index (χ4v) is 1.70. The van der Waals surface area contributed by atoms with E-state index >= 15 is 0 Å². The second-order valence-electron chi connectivity index (χ2n) is 4.64. The first-order chi connectivity index (χ1) is 8.65. The van der Waals surface area contributed by atoms with E-state index in [0.717, 1.165) is 5.56 Å². The molecule has 0 N–H and O–H groups in total. The van der Waals surface area contributed by atoms with Crippen LogP contribution < -0.4 is 4.74 Å². The zero-order valence-electron chi connectivity index (χ0n) is 10.7. The highest BCUT2D eigenvalue weighted by molar-refractivity contribution is 5.26. The van der Waals surface area contributed by atoms with Gasteiger partial charge >= 0.3 is 0 Å². The molecule has 0 unspecified atom stereocenters. The lowest BCUT2D eigenvalue weighted by Gasteiger charge is -2.08. The summed E-state index contributed by atoms with van der Waals surface area (Å²) in [6.07, 6.45) is 0. The third-order valence-electron chi connectivity index (χ3n) is 2.87. The van der Waals surface area contributed by atoms with Crippen LogP contribution in [0.3, 0.4) is 0 Å². The van der Waals surface area contributed by atoms with Crippen molar-refractivity contribution in [3.05, 3.63) is 65.5 Å². The summed E-state index contributed by atoms with van der Waals surface area (Å²) < 4.78 is 18.3. The predicted octanol–water partition coefficient (Wildman–Crippen LogP) is 4.53. The molecule has 94 valence electrons. The van der Waals surface area contributed by atoms with Crippen molar-refractivity contribution in [3.63, 3.8) is 0 Å². The maximum absolute atomic E-state index is 12.7. The van der Waals surface area contributed by atoms with Crippen LogP contribution in [-0.4, -0.2) is 0 Å². The summed E-state index contributed by atoms with van der Waals surface area (Å²) in [5.74, 6) is 0.977. The molecule has 2 heteroatoms. The van der Waals surface area contributed by atoms with Crippen LogP contribution in [-0.2, 0) is 6.61 Å². The molecule has 0 bridgehead atoms. The molecule has 2 aromatic carbocycles. The molecule has 0 atom stereocenters. The maximum Gasteiger partial charge on any atom is 0.123 e. The molecule has 0 aromatic heterocycles. The average Bonchev–Trinajstić information content (AvgIpc) is 2.38. The lowest BCUT2D eigenvalue weighted by Crippen LogP contribution is -1.96. The zero-order chi connectivity index (χ0) is 13.0. The number of ether oxygens (including phenoxy) is 1. The van der Waals surface area contributed by atoms with Gasteiger partial charge in [-0.2, -0.15) is 0 Å². The Balaban J connectivity index is 1.95. The third kappa shape index (κ3) is 3.33. The van der Waals surface area contributed by atoms with E-state index in [1.165, 1.54) is 17.7 Å². The molecule has 0 fully saturated rings. The first-order valence-corrected chi connectivity index (χ1v) is 6.12. The Bertz CT molecular complexity index is 486. The largest absolute Gasteiger partial charge is 0.489 e. The Morgan fingerprint density at radius 2 is 1.56 bits per heavy atom. The molecule has 0 aliphatic carbocycles. The molecular weight excluding hydrogens is 227 g/mol. The minimum atomic E-state index is -0.247. The summed E-state index contributed by atoms with van der Waals surface area (Å²) in [6.45, 7) is 4.85. The minimum absolute atomic E-state index is 0.247. The molecule has 0 spiro atoms. The van der Waals surface area contributed by atoms with Crippen molar-refractivity contribution in [3.8, 4) is 5.75 Å². The second-order valence-corrected chi connectivity index (χ2v) is 4.64. The molecule has 0 amide bonds. The number of hydrogen-bond acceptors (Lipinski definition) is 1. The molecule has 0 radical (unpaired) electrons. The summed E-state index contributed by atoms with van der Waals surface area (Å²) in [6, 6.07) is 14.4. The van der Waals surface area contributed by atoms with Gasteiger partial charge in [0.15, 0.2) is 0 Å². The van der Waals surface area contributed by atoms with Gasteiger partial charge in [0.2, 0.25) is 0 Å². The number of rotatable bonds is 4. The molecule has 0 saturated heterocycles. The van der Waals surface area contributed by atoms with E-state index in [4.69, 9.17) is 4.74 Å². The Morgan fingerprint density at radius 3 is 2.11 bits per heavy atom. The Morgan fingerprint density at radius 1 is 0.944 bits per heavy atom. The van der Waals surface area contributed by atoms with Gasteiger partial charge in [-0.05, 0) is 41.3 Å². The summed E-state index contributed by atoms with van der Waals surface area (Å²) in [5.41, 5.74) is 2.43. The highest BCUT2D eigenvalue weighted by atomic mass is 19.1. The maximum atomic E-state index is 12.7. The monoisotopic (exact) mass is 244 g/mol. The van der Waals surface area contributed by atoms with Gasteiger partial charge in [0.1, 0.15) is 18.2 Å². The Hall–Kier alpha value is -1.83. The van der Waals surface area contributed by atoms with Gasteiger partial charge < -0.3 is 4.74 Å². The normalized spacial score (nSPS) is 10.7. The van der Waals surface area contributed by atoms with Crippen molar-refractivity contribution < 1.29 is 9.13 Å². The summed E-state index contributed by atoms with van der Waals surface area (Å²) in [5, 5.41) is 0. The van der Waals surface area contributed by atoms with Gasteiger partial charge in [-0.1, -0.05) is 38.1 Å². The van der Waals surface area contributed by atoms with Crippen LogP contribution >= 0.6 is 0 Å². The van der Waals surface area contributed by atoms with Crippen LogP contribution in [0.25, 0.3) is 0 Å². The Kier molecular flexibility index (Phi) is 3.98. The topological polar surface area (TPSA) is 9.23 Å². The molecule has 0 aliphatic heterocycles. The van der Waals surface area contributed by atoms with Gasteiger partial charge in [0, 0.05) is 0 Å². The summed E-state index contributed by atoms with van der Waals surface area (Å²) >= 11 is 0. The number of hydrogen-bond donors (Lipinski definition) is 0. The standard InChI is InChI=1S/C16H17FO/c1-12(2)14-5-3-13(4-6-14)11-18-16-9-7-15(17)8-10-16/h3-10,12H,11H2,1-2H3. The first kappa shape index (κ1) is 12.6. The molecule has 2 aromatic rings. The third-order valence-corrected chi connectivity index (χ3v) is 2.87. The van der Waals surface area contributed by atoms with E-state index in [9.17, 15) is 4.39 Å². The van der Waals surface area contributed by atoms with E-state index in [1.807, 2.05) is 0 Å². The van der Waals surface area contributed by atoms with E-state index < -0.39 is 0 Å². The average molecular weight is 244 g/mol. The number of halogens is 1. The van der Waals surface area contributed by atoms with Crippen molar-refractivity contribution in [2.45, 2.75) is 26.4 Å². The highest BCUT2D eigenvalue weighted by Gasteiger charge is 2.00. The summed E-state index contributed by atoms with van der Waals surface area (Å²) in [4.78, 5) is 0. The molecule has 0 aliphatic rings. The second kappa shape index (κ2) is 5.67. The fourth-order valence-electron chi connectivity index (χ4n) is 1.70. The molecular formula is C16H17FO.